The molecule has 25 heavy (non-hydrogen) atoms. The zero-order chi connectivity index (χ0) is 17.1. The van der Waals surface area contributed by atoms with Crippen molar-refractivity contribution in [2.24, 2.45) is 0 Å². The van der Waals surface area contributed by atoms with Gasteiger partial charge in [-0.1, -0.05) is 6.07 Å². The van der Waals surface area contributed by atoms with Crippen molar-refractivity contribution in [2.45, 2.75) is 19.4 Å². The summed E-state index contributed by atoms with van der Waals surface area (Å²) in [5.41, 5.74) is 1.22. The Labute approximate surface area is 148 Å². The molecule has 0 bridgehead atoms. The van der Waals surface area contributed by atoms with Crippen LogP contribution in [0.25, 0.3) is 0 Å². The maximum Gasteiger partial charge on any atom is 0.224 e. The van der Waals surface area contributed by atoms with Gasteiger partial charge in [0.15, 0.2) is 0 Å². The van der Waals surface area contributed by atoms with E-state index in [-0.39, 0.29) is 0 Å². The van der Waals surface area contributed by atoms with E-state index in [2.05, 4.69) is 43.1 Å². The SMILES string of the molecule is Cc1cccnc1N1CCC(Nc2nccc(N3CCOCC3)n2)C1. The van der Waals surface area contributed by atoms with Crippen LogP contribution in [0.4, 0.5) is 17.6 Å². The Morgan fingerprint density at radius 1 is 1.08 bits per heavy atom. The van der Waals surface area contributed by atoms with E-state index in [1.165, 1.54) is 5.56 Å². The third kappa shape index (κ3) is 3.66. The van der Waals surface area contributed by atoms with Crippen LogP contribution in [0.5, 0.6) is 0 Å². The van der Waals surface area contributed by atoms with E-state index in [0.717, 1.165) is 57.4 Å². The monoisotopic (exact) mass is 340 g/mol. The Kier molecular flexibility index (Phi) is 4.65. The fraction of sp³-hybridized carbons (Fsp3) is 0.500. The zero-order valence-electron chi connectivity index (χ0n) is 14.6. The molecular weight excluding hydrogens is 316 g/mol. The number of hydrogen-bond donors (Lipinski definition) is 1. The average molecular weight is 340 g/mol. The molecule has 2 aliphatic heterocycles. The van der Waals surface area contributed by atoms with Gasteiger partial charge in [-0.05, 0) is 31.0 Å². The van der Waals surface area contributed by atoms with E-state index < -0.39 is 0 Å². The maximum atomic E-state index is 5.41. The Morgan fingerprint density at radius 2 is 1.96 bits per heavy atom. The highest BCUT2D eigenvalue weighted by Gasteiger charge is 2.25. The van der Waals surface area contributed by atoms with Crippen LogP contribution in [0.2, 0.25) is 0 Å². The molecule has 0 radical (unpaired) electrons. The summed E-state index contributed by atoms with van der Waals surface area (Å²) >= 11 is 0. The average Bonchev–Trinajstić information content (AvgIpc) is 3.11. The normalized spacial score (nSPS) is 20.8. The number of aromatic nitrogens is 3. The van der Waals surface area contributed by atoms with Crippen LogP contribution in [0.1, 0.15) is 12.0 Å². The first-order valence-corrected chi connectivity index (χ1v) is 8.88. The van der Waals surface area contributed by atoms with Crippen LogP contribution in [0.3, 0.4) is 0 Å². The van der Waals surface area contributed by atoms with Crippen molar-refractivity contribution in [2.75, 3.05) is 54.5 Å². The van der Waals surface area contributed by atoms with E-state index in [4.69, 9.17) is 4.74 Å². The van der Waals surface area contributed by atoms with Crippen molar-refractivity contribution < 1.29 is 4.74 Å². The second kappa shape index (κ2) is 7.23. The van der Waals surface area contributed by atoms with Gasteiger partial charge in [0.25, 0.3) is 0 Å². The molecule has 7 heteroatoms. The first kappa shape index (κ1) is 16.1. The minimum absolute atomic E-state index is 0.335. The number of ether oxygens (including phenoxy) is 1. The molecule has 2 aromatic heterocycles. The Bertz CT molecular complexity index is 718. The molecule has 2 saturated heterocycles. The highest BCUT2D eigenvalue weighted by molar-refractivity contribution is 5.48. The molecule has 4 rings (SSSR count). The smallest absolute Gasteiger partial charge is 0.224 e. The first-order valence-electron chi connectivity index (χ1n) is 8.88. The van der Waals surface area contributed by atoms with E-state index in [1.807, 2.05) is 24.5 Å². The molecule has 1 N–H and O–H groups in total. The molecule has 2 aromatic rings. The standard InChI is InChI=1S/C18H24N6O/c1-14-3-2-6-19-17(14)24-8-5-15(13-24)21-18-20-7-4-16(22-18)23-9-11-25-12-10-23/h2-4,6-7,15H,5,8-13H2,1H3,(H,20,21,22). The molecule has 1 atom stereocenters. The molecular formula is C18H24N6O. The summed E-state index contributed by atoms with van der Waals surface area (Å²) in [6.07, 6.45) is 4.74. The van der Waals surface area contributed by atoms with Crippen LogP contribution in [-0.2, 0) is 4.74 Å². The van der Waals surface area contributed by atoms with Crippen molar-refractivity contribution in [1.29, 1.82) is 0 Å². The lowest BCUT2D eigenvalue weighted by Crippen LogP contribution is -2.37. The number of aryl methyl sites for hydroxylation is 1. The fourth-order valence-electron chi connectivity index (χ4n) is 3.45. The number of anilines is 3. The summed E-state index contributed by atoms with van der Waals surface area (Å²) in [4.78, 5) is 18.2. The predicted octanol–water partition coefficient (Wildman–Crippen LogP) is 1.71. The Hall–Kier alpha value is -2.41. The molecule has 2 aliphatic rings. The van der Waals surface area contributed by atoms with Crippen LogP contribution in [0, 0.1) is 6.92 Å². The summed E-state index contributed by atoms with van der Waals surface area (Å²) in [7, 11) is 0. The second-order valence-electron chi connectivity index (χ2n) is 6.56. The van der Waals surface area contributed by atoms with Crippen LogP contribution >= 0.6 is 0 Å². The number of pyridine rings is 1. The van der Waals surface area contributed by atoms with Crippen molar-refractivity contribution in [3.63, 3.8) is 0 Å². The second-order valence-corrected chi connectivity index (χ2v) is 6.56. The van der Waals surface area contributed by atoms with E-state index >= 15 is 0 Å². The number of morpholine rings is 1. The van der Waals surface area contributed by atoms with Gasteiger partial charge in [0, 0.05) is 44.6 Å². The molecule has 0 saturated carbocycles. The molecule has 0 amide bonds. The largest absolute Gasteiger partial charge is 0.378 e. The van der Waals surface area contributed by atoms with Gasteiger partial charge in [-0.2, -0.15) is 4.98 Å². The van der Waals surface area contributed by atoms with Crippen LogP contribution < -0.4 is 15.1 Å². The lowest BCUT2D eigenvalue weighted by molar-refractivity contribution is 0.122. The fourth-order valence-corrected chi connectivity index (χ4v) is 3.45. The summed E-state index contributed by atoms with van der Waals surface area (Å²) in [5, 5.41) is 3.49. The molecule has 4 heterocycles. The van der Waals surface area contributed by atoms with Crippen LogP contribution in [-0.4, -0.2) is 60.4 Å². The van der Waals surface area contributed by atoms with Gasteiger partial charge in [0.1, 0.15) is 11.6 Å². The van der Waals surface area contributed by atoms with E-state index in [0.29, 0.717) is 12.0 Å². The molecule has 2 fully saturated rings. The maximum absolute atomic E-state index is 5.41. The number of nitrogens with zero attached hydrogens (tertiary/aromatic N) is 5. The van der Waals surface area contributed by atoms with Gasteiger partial charge >= 0.3 is 0 Å². The van der Waals surface area contributed by atoms with Gasteiger partial charge in [0.05, 0.1) is 13.2 Å². The minimum Gasteiger partial charge on any atom is -0.378 e. The zero-order valence-corrected chi connectivity index (χ0v) is 14.6. The first-order chi connectivity index (χ1) is 12.3. The minimum atomic E-state index is 0.335. The number of nitrogens with one attached hydrogen (secondary N) is 1. The molecule has 0 spiro atoms. The summed E-state index contributed by atoms with van der Waals surface area (Å²) < 4.78 is 5.41. The number of rotatable bonds is 4. The molecule has 1 unspecified atom stereocenters. The van der Waals surface area contributed by atoms with Crippen molar-refractivity contribution in [1.82, 2.24) is 15.0 Å². The third-order valence-electron chi connectivity index (χ3n) is 4.78. The molecule has 0 aromatic carbocycles. The molecule has 132 valence electrons. The lowest BCUT2D eigenvalue weighted by Gasteiger charge is -2.28. The topological polar surface area (TPSA) is 66.4 Å². The summed E-state index contributed by atoms with van der Waals surface area (Å²) in [6, 6.07) is 6.39. The van der Waals surface area contributed by atoms with E-state index in [1.54, 1.807) is 0 Å². The Morgan fingerprint density at radius 3 is 2.80 bits per heavy atom. The molecule has 0 aliphatic carbocycles. The van der Waals surface area contributed by atoms with Gasteiger partial charge in [0.2, 0.25) is 5.95 Å². The van der Waals surface area contributed by atoms with Crippen LogP contribution in [0.15, 0.2) is 30.6 Å². The van der Waals surface area contributed by atoms with Gasteiger partial charge in [-0.15, -0.1) is 0 Å². The third-order valence-corrected chi connectivity index (χ3v) is 4.78. The number of hydrogen-bond acceptors (Lipinski definition) is 7. The van der Waals surface area contributed by atoms with Gasteiger partial charge < -0.3 is 19.9 Å². The highest BCUT2D eigenvalue weighted by atomic mass is 16.5. The quantitative estimate of drug-likeness (QED) is 0.909. The highest BCUT2D eigenvalue weighted by Crippen LogP contribution is 2.23. The molecule has 7 nitrogen and oxygen atoms in total. The summed E-state index contributed by atoms with van der Waals surface area (Å²) in [6.45, 7) is 7.31. The lowest BCUT2D eigenvalue weighted by atomic mass is 10.2. The van der Waals surface area contributed by atoms with Gasteiger partial charge in [-0.3, -0.25) is 0 Å². The van der Waals surface area contributed by atoms with Crippen molar-refractivity contribution >= 4 is 17.6 Å². The van der Waals surface area contributed by atoms with Crippen molar-refractivity contribution in [3.8, 4) is 0 Å². The Balaban J connectivity index is 1.40. The summed E-state index contributed by atoms with van der Waals surface area (Å²) in [5.74, 6) is 2.75. The van der Waals surface area contributed by atoms with E-state index in [9.17, 15) is 0 Å². The predicted molar refractivity (Wildman–Crippen MR) is 98.3 cm³/mol. The van der Waals surface area contributed by atoms with Crippen molar-refractivity contribution in [3.05, 3.63) is 36.2 Å². The van der Waals surface area contributed by atoms with Gasteiger partial charge in [-0.25, -0.2) is 9.97 Å².